The van der Waals surface area contributed by atoms with Crippen molar-refractivity contribution in [3.63, 3.8) is 0 Å². The average molecular weight is 456 g/mol. The molecule has 2 aromatic rings. The lowest BCUT2D eigenvalue weighted by atomic mass is 9.80. The molecule has 0 amide bonds. The standard InChI is InChI=1S/C26H37N3O2S/c1-25(2)15-21(16-26(3,4)28-25)27-24(32)29(17-19-10-8-7-9-11-19)18-20-14-22(30-5)12-13-23(20)31-6/h7-14,21,28H,15-18H2,1-6H3,(H,27,32). The Bertz CT molecular complexity index is 899. The van der Waals surface area contributed by atoms with Crippen molar-refractivity contribution in [1.29, 1.82) is 0 Å². The van der Waals surface area contributed by atoms with Crippen molar-refractivity contribution < 1.29 is 9.47 Å². The maximum absolute atomic E-state index is 5.97. The van der Waals surface area contributed by atoms with Crippen molar-refractivity contribution in [2.75, 3.05) is 14.2 Å². The second-order valence-corrected chi connectivity index (χ2v) is 10.4. The maximum atomic E-state index is 5.97. The molecule has 0 saturated carbocycles. The van der Waals surface area contributed by atoms with Crippen LogP contribution in [0.25, 0.3) is 0 Å². The molecule has 0 spiro atoms. The zero-order chi connectivity index (χ0) is 23.4. The molecule has 1 heterocycles. The molecule has 1 aliphatic heterocycles. The molecule has 2 N–H and O–H groups in total. The van der Waals surface area contributed by atoms with Gasteiger partial charge in [-0.3, -0.25) is 0 Å². The van der Waals surface area contributed by atoms with Crippen LogP contribution in [0.3, 0.4) is 0 Å². The molecular formula is C26H37N3O2S. The third-order valence-corrected chi connectivity index (χ3v) is 6.25. The van der Waals surface area contributed by atoms with Crippen LogP contribution in [-0.2, 0) is 13.1 Å². The van der Waals surface area contributed by atoms with Crippen LogP contribution in [0.15, 0.2) is 48.5 Å². The van der Waals surface area contributed by atoms with Gasteiger partial charge in [-0.1, -0.05) is 30.3 Å². The van der Waals surface area contributed by atoms with Gasteiger partial charge >= 0.3 is 0 Å². The number of nitrogens with zero attached hydrogens (tertiary/aromatic N) is 1. The first kappa shape index (κ1) is 24.3. The molecule has 32 heavy (non-hydrogen) atoms. The van der Waals surface area contributed by atoms with Crippen LogP contribution in [0, 0.1) is 0 Å². The van der Waals surface area contributed by atoms with Crippen molar-refractivity contribution in [2.45, 2.75) is 70.7 Å². The molecule has 3 rings (SSSR count). The van der Waals surface area contributed by atoms with Crippen LogP contribution in [0.1, 0.15) is 51.7 Å². The number of nitrogens with one attached hydrogen (secondary N) is 2. The van der Waals surface area contributed by atoms with Crippen LogP contribution < -0.4 is 20.1 Å². The van der Waals surface area contributed by atoms with Gasteiger partial charge in [-0.05, 0) is 76.5 Å². The third kappa shape index (κ3) is 6.59. The Hall–Kier alpha value is -2.31. The Labute approximate surface area is 198 Å². The highest BCUT2D eigenvalue weighted by atomic mass is 32.1. The van der Waals surface area contributed by atoms with Gasteiger partial charge in [-0.2, -0.15) is 0 Å². The van der Waals surface area contributed by atoms with Crippen LogP contribution >= 0.6 is 12.2 Å². The summed E-state index contributed by atoms with van der Waals surface area (Å²) in [5, 5.41) is 8.19. The van der Waals surface area contributed by atoms with Crippen molar-refractivity contribution >= 4 is 17.3 Å². The predicted molar refractivity (Wildman–Crippen MR) is 135 cm³/mol. The van der Waals surface area contributed by atoms with Gasteiger partial charge in [0, 0.05) is 35.8 Å². The van der Waals surface area contributed by atoms with Gasteiger partial charge in [0.2, 0.25) is 0 Å². The predicted octanol–water partition coefficient (Wildman–Crippen LogP) is 4.89. The summed E-state index contributed by atoms with van der Waals surface area (Å²) in [5.74, 6) is 1.64. The largest absolute Gasteiger partial charge is 0.497 e. The van der Waals surface area contributed by atoms with E-state index in [1.807, 2.05) is 24.3 Å². The maximum Gasteiger partial charge on any atom is 0.169 e. The van der Waals surface area contributed by atoms with E-state index >= 15 is 0 Å². The summed E-state index contributed by atoms with van der Waals surface area (Å²) in [6.07, 6.45) is 2.02. The Kier molecular flexibility index (Phi) is 7.67. The number of rotatable bonds is 7. The summed E-state index contributed by atoms with van der Waals surface area (Å²) in [4.78, 5) is 2.21. The van der Waals surface area contributed by atoms with Crippen LogP contribution in [0.4, 0.5) is 0 Å². The number of thiocarbonyl (C=S) groups is 1. The molecule has 1 saturated heterocycles. The van der Waals surface area contributed by atoms with Crippen LogP contribution in [0.5, 0.6) is 11.5 Å². The molecular weight excluding hydrogens is 418 g/mol. The smallest absolute Gasteiger partial charge is 0.169 e. The monoisotopic (exact) mass is 455 g/mol. The fraction of sp³-hybridized carbons (Fsp3) is 0.500. The highest BCUT2D eigenvalue weighted by Gasteiger charge is 2.38. The fourth-order valence-corrected chi connectivity index (χ4v) is 5.20. The minimum absolute atomic E-state index is 0.0509. The summed E-state index contributed by atoms with van der Waals surface area (Å²) >= 11 is 5.97. The zero-order valence-corrected chi connectivity index (χ0v) is 21.0. The lowest BCUT2D eigenvalue weighted by Crippen LogP contribution is -2.62. The summed E-state index contributed by atoms with van der Waals surface area (Å²) in [7, 11) is 3.38. The molecule has 5 nitrogen and oxygen atoms in total. The highest BCUT2D eigenvalue weighted by Crippen LogP contribution is 2.29. The van der Waals surface area contributed by atoms with Crippen molar-refractivity contribution in [2.24, 2.45) is 0 Å². The number of piperidine rings is 1. The van der Waals surface area contributed by atoms with Crippen molar-refractivity contribution in [1.82, 2.24) is 15.5 Å². The van der Waals surface area contributed by atoms with E-state index in [1.165, 1.54) is 5.56 Å². The quantitative estimate of drug-likeness (QED) is 0.580. The van der Waals surface area contributed by atoms with Gasteiger partial charge in [-0.25, -0.2) is 0 Å². The number of methoxy groups -OCH3 is 2. The van der Waals surface area contributed by atoms with E-state index < -0.39 is 0 Å². The fourth-order valence-electron chi connectivity index (χ4n) is 4.90. The minimum Gasteiger partial charge on any atom is -0.497 e. The van der Waals surface area contributed by atoms with E-state index in [4.69, 9.17) is 21.7 Å². The van der Waals surface area contributed by atoms with Gasteiger partial charge in [0.15, 0.2) is 5.11 Å². The number of hydrogen-bond acceptors (Lipinski definition) is 4. The Morgan fingerprint density at radius 1 is 1.00 bits per heavy atom. The van der Waals surface area contributed by atoms with E-state index in [-0.39, 0.29) is 11.1 Å². The van der Waals surface area contributed by atoms with E-state index in [1.54, 1.807) is 14.2 Å². The molecule has 0 aliphatic carbocycles. The van der Waals surface area contributed by atoms with Crippen molar-refractivity contribution in [3.8, 4) is 11.5 Å². The van der Waals surface area contributed by atoms with Gasteiger partial charge < -0.3 is 25.0 Å². The van der Waals surface area contributed by atoms with E-state index in [2.05, 4.69) is 67.5 Å². The molecule has 0 atom stereocenters. The number of benzene rings is 2. The number of hydrogen-bond donors (Lipinski definition) is 2. The second-order valence-electron chi connectivity index (χ2n) is 9.97. The van der Waals surface area contributed by atoms with Crippen LogP contribution in [0.2, 0.25) is 0 Å². The lowest BCUT2D eigenvalue weighted by Gasteiger charge is -2.47. The van der Waals surface area contributed by atoms with Gasteiger partial charge in [0.25, 0.3) is 0 Å². The minimum atomic E-state index is 0.0509. The van der Waals surface area contributed by atoms with E-state index in [9.17, 15) is 0 Å². The molecule has 1 fully saturated rings. The lowest BCUT2D eigenvalue weighted by molar-refractivity contribution is 0.153. The summed E-state index contributed by atoms with van der Waals surface area (Å²) < 4.78 is 11.1. The summed E-state index contributed by atoms with van der Waals surface area (Å²) in [5.41, 5.74) is 2.35. The number of ether oxygens (including phenoxy) is 2. The molecule has 0 bridgehead atoms. The molecule has 6 heteroatoms. The first-order valence-corrected chi connectivity index (χ1v) is 11.6. The third-order valence-electron chi connectivity index (χ3n) is 5.87. The van der Waals surface area contributed by atoms with Crippen molar-refractivity contribution in [3.05, 3.63) is 59.7 Å². The molecule has 2 aromatic carbocycles. The first-order valence-electron chi connectivity index (χ1n) is 11.2. The molecule has 0 aromatic heterocycles. The summed E-state index contributed by atoms with van der Waals surface area (Å²) in [6, 6.07) is 16.6. The normalized spacial score (nSPS) is 17.4. The van der Waals surface area contributed by atoms with Gasteiger partial charge in [-0.15, -0.1) is 0 Å². The van der Waals surface area contributed by atoms with Gasteiger partial charge in [0.05, 0.1) is 14.2 Å². The second kappa shape index (κ2) is 10.1. The molecule has 0 unspecified atom stereocenters. The highest BCUT2D eigenvalue weighted by molar-refractivity contribution is 7.80. The van der Waals surface area contributed by atoms with E-state index in [0.717, 1.165) is 35.0 Å². The van der Waals surface area contributed by atoms with Gasteiger partial charge in [0.1, 0.15) is 11.5 Å². The molecule has 1 aliphatic rings. The topological polar surface area (TPSA) is 45.8 Å². The zero-order valence-electron chi connectivity index (χ0n) is 20.2. The Morgan fingerprint density at radius 3 is 2.25 bits per heavy atom. The molecule has 0 radical (unpaired) electrons. The SMILES string of the molecule is COc1ccc(OC)c(CN(Cc2ccccc2)C(=S)NC2CC(C)(C)NC(C)(C)C2)c1. The molecule has 174 valence electrons. The average Bonchev–Trinajstić information content (AvgIpc) is 2.71. The van der Waals surface area contributed by atoms with Crippen LogP contribution in [-0.4, -0.2) is 41.4 Å². The Balaban J connectivity index is 1.84. The van der Waals surface area contributed by atoms with E-state index in [0.29, 0.717) is 19.1 Å². The first-order chi connectivity index (χ1) is 15.1. The Morgan fingerprint density at radius 2 is 1.66 bits per heavy atom. The summed E-state index contributed by atoms with van der Waals surface area (Å²) in [6.45, 7) is 10.4.